The van der Waals surface area contributed by atoms with Crippen molar-refractivity contribution < 1.29 is 47.7 Å². The van der Waals surface area contributed by atoms with Crippen LogP contribution >= 0.6 is 0 Å². The van der Waals surface area contributed by atoms with Crippen molar-refractivity contribution in [2.24, 2.45) is 5.92 Å². The van der Waals surface area contributed by atoms with Gasteiger partial charge in [-0.1, -0.05) is 6.07 Å². The number of anilines is 2. The maximum absolute atomic E-state index is 13.4. The van der Waals surface area contributed by atoms with E-state index in [1.807, 2.05) is 0 Å². The summed E-state index contributed by atoms with van der Waals surface area (Å²) in [6.07, 6.45) is 7.88. The second-order valence-corrected chi connectivity index (χ2v) is 16.5. The predicted molar refractivity (Wildman–Crippen MR) is 235 cm³/mol. The number of likely N-dealkylation sites (N-methyl/N-ethyl adjacent to an activating group) is 1. The van der Waals surface area contributed by atoms with Crippen LogP contribution in [-0.2, 0) is 33.3 Å². The monoisotopic (exact) mass is 905 g/mol. The van der Waals surface area contributed by atoms with Gasteiger partial charge in [-0.3, -0.25) is 39.0 Å². The highest BCUT2D eigenvalue weighted by Crippen LogP contribution is 2.33. The van der Waals surface area contributed by atoms with Crippen LogP contribution < -0.4 is 21.3 Å². The van der Waals surface area contributed by atoms with Crippen LogP contribution in [0.1, 0.15) is 75.2 Å². The number of ether oxygens (including phenoxy) is 4. The molecule has 3 aromatic heterocycles. The Morgan fingerprint density at radius 2 is 1.59 bits per heavy atom. The predicted octanol–water partition coefficient (Wildman–Crippen LogP) is 1.81. The molecule has 21 heteroatoms. The first-order valence-electron chi connectivity index (χ1n) is 22.1. The first-order chi connectivity index (χ1) is 32.1. The molecule has 2 saturated carbocycles. The summed E-state index contributed by atoms with van der Waals surface area (Å²) in [4.78, 5) is 88.1. The van der Waals surface area contributed by atoms with Crippen LogP contribution in [0.3, 0.4) is 0 Å². The van der Waals surface area contributed by atoms with Crippen molar-refractivity contribution in [2.45, 2.75) is 56.7 Å². The fourth-order valence-electron chi connectivity index (χ4n) is 7.96. The first-order valence-corrected chi connectivity index (χ1v) is 22.1. The van der Waals surface area contributed by atoms with E-state index in [-0.39, 0.29) is 53.8 Å². The molecule has 4 N–H and O–H groups in total. The van der Waals surface area contributed by atoms with E-state index < -0.39 is 29.7 Å². The molecule has 1 atom stereocenters. The van der Waals surface area contributed by atoms with Crippen molar-refractivity contribution in [3.8, 4) is 11.9 Å². The molecule has 0 radical (unpaired) electrons. The van der Waals surface area contributed by atoms with E-state index in [0.717, 1.165) is 17.7 Å². The highest BCUT2D eigenvalue weighted by molar-refractivity contribution is 6.25. The molecule has 4 aromatic rings. The molecule has 3 fully saturated rings. The minimum Gasteiger partial charge on any atom is -0.382 e. The van der Waals surface area contributed by atoms with Crippen LogP contribution in [0.5, 0.6) is 0 Å². The molecule has 1 aromatic carbocycles. The summed E-state index contributed by atoms with van der Waals surface area (Å²) in [5.74, 6) is -2.17. The van der Waals surface area contributed by atoms with Gasteiger partial charge in [0.05, 0.1) is 87.0 Å². The number of amides is 6. The maximum atomic E-state index is 13.4. The van der Waals surface area contributed by atoms with Gasteiger partial charge in [-0.15, -0.1) is 0 Å². The van der Waals surface area contributed by atoms with Gasteiger partial charge in [-0.25, -0.2) is 9.97 Å². The number of fused-ring (bicyclic) bond motifs is 2. The summed E-state index contributed by atoms with van der Waals surface area (Å²) in [5.41, 5.74) is 2.90. The van der Waals surface area contributed by atoms with Gasteiger partial charge in [0.1, 0.15) is 12.1 Å². The Hall–Kier alpha value is -6.86. The zero-order valence-electron chi connectivity index (χ0n) is 36.5. The molecule has 1 saturated heterocycles. The third-order valence-corrected chi connectivity index (χ3v) is 11.7. The molecule has 346 valence electrons. The fourth-order valence-corrected chi connectivity index (χ4v) is 7.96. The van der Waals surface area contributed by atoms with Crippen molar-refractivity contribution in [1.82, 2.24) is 40.2 Å². The molecule has 0 spiro atoms. The third-order valence-electron chi connectivity index (χ3n) is 11.7. The molecule has 66 heavy (non-hydrogen) atoms. The number of nitriles is 1. The molecule has 1 unspecified atom stereocenters. The molecule has 2 aliphatic carbocycles. The van der Waals surface area contributed by atoms with Crippen LogP contribution in [0.25, 0.3) is 16.9 Å². The van der Waals surface area contributed by atoms with Crippen LogP contribution in [-0.4, -0.2) is 156 Å². The smallest absolute Gasteiger partial charge is 0.264 e. The number of hydrogen-bond donors (Lipinski definition) is 4. The van der Waals surface area contributed by atoms with Crippen LogP contribution in [0, 0.1) is 17.2 Å². The van der Waals surface area contributed by atoms with E-state index >= 15 is 0 Å². The number of carbonyl (C=O) groups excluding carboxylic acids is 6. The van der Waals surface area contributed by atoms with E-state index in [9.17, 15) is 34.0 Å². The molecule has 0 bridgehead atoms. The van der Waals surface area contributed by atoms with Gasteiger partial charge < -0.3 is 39.8 Å². The molecule has 5 heterocycles. The first kappa shape index (κ1) is 45.7. The Bertz CT molecular complexity index is 2530. The number of piperidine rings is 1. The van der Waals surface area contributed by atoms with Crippen molar-refractivity contribution in [3.05, 3.63) is 71.2 Å². The normalized spacial score (nSPS) is 19.0. The number of carbonyl (C=O) groups is 6. The van der Waals surface area contributed by atoms with Gasteiger partial charge in [0.15, 0.2) is 11.5 Å². The number of nitrogens with one attached hydrogen (secondary N) is 4. The summed E-state index contributed by atoms with van der Waals surface area (Å²) >= 11 is 0. The molecule has 4 aliphatic rings. The molecular weight excluding hydrogens is 855 g/mol. The number of pyridine rings is 2. The lowest BCUT2D eigenvalue weighted by Crippen LogP contribution is -2.54. The van der Waals surface area contributed by atoms with E-state index in [1.54, 1.807) is 53.2 Å². The zero-order chi connectivity index (χ0) is 46.2. The minimum atomic E-state index is -1.03. The Kier molecular flexibility index (Phi) is 14.5. The lowest BCUT2D eigenvalue weighted by Gasteiger charge is -2.37. The lowest BCUT2D eigenvalue weighted by atomic mass is 9.79. The average Bonchev–Trinajstić information content (AvgIpc) is 3.96. The van der Waals surface area contributed by atoms with E-state index in [0.29, 0.717) is 118 Å². The number of imide groups is 2. The Morgan fingerprint density at radius 1 is 0.864 bits per heavy atom. The molecule has 6 amide bonds. The summed E-state index contributed by atoms with van der Waals surface area (Å²) in [7, 11) is 1.75. The number of rotatable bonds is 23. The Labute approximate surface area is 379 Å². The standard InChI is InChI=1S/C45H51N11O10/c1-54(43(60)28-20-31(21-28)52-41(58)33-26-48-37(22-35(33)51-30-5-6-30)56-40-29(25-50-56)19-27(23-46)24-49-40)10-12-64-14-16-66-18-17-65-15-13-63-11-9-47-34-4-2-3-32-39(34)45(62)55(44(32)61)36-7-8-38(57)53-42(36)59/h2-4,19,22,24-26,28,30-31,36,47H,5-18,20-21H2,1H3,(H,48,51)(H,52,58)(H,53,57,59)/t28-,31-,36?. The minimum absolute atomic E-state index is 0.00965. The maximum Gasteiger partial charge on any atom is 0.264 e. The van der Waals surface area contributed by atoms with Gasteiger partial charge in [0.2, 0.25) is 17.7 Å². The SMILES string of the molecule is CN(CCOCCOCCOCCOCCNc1cccc2c1C(=O)N(C1CCC(=O)NC1=O)C2=O)C(=O)[C@H]1C[C@H](NC(=O)c2cnc(-n3ncc4cc(C#N)cnc43)cc2NC2CC2)C1. The summed E-state index contributed by atoms with van der Waals surface area (Å²) in [6, 6.07) is 9.57. The van der Waals surface area contributed by atoms with Gasteiger partial charge in [0, 0.05) is 74.1 Å². The fraction of sp³-hybridized carbons (Fsp3) is 0.467. The number of hydrogen-bond acceptors (Lipinski definition) is 16. The summed E-state index contributed by atoms with van der Waals surface area (Å²) < 4.78 is 24.0. The van der Waals surface area contributed by atoms with Crippen molar-refractivity contribution in [2.75, 3.05) is 83.6 Å². The van der Waals surface area contributed by atoms with Gasteiger partial charge >= 0.3 is 0 Å². The summed E-state index contributed by atoms with van der Waals surface area (Å²) in [6.45, 7) is 3.61. The molecule has 21 nitrogen and oxygen atoms in total. The van der Waals surface area contributed by atoms with Crippen LogP contribution in [0.4, 0.5) is 11.4 Å². The highest BCUT2D eigenvalue weighted by atomic mass is 16.6. The quantitative estimate of drug-likeness (QED) is 0.0611. The second-order valence-electron chi connectivity index (χ2n) is 16.5. The largest absolute Gasteiger partial charge is 0.382 e. The molecule has 8 rings (SSSR count). The average molecular weight is 906 g/mol. The van der Waals surface area contributed by atoms with Gasteiger partial charge in [-0.2, -0.15) is 15.0 Å². The van der Waals surface area contributed by atoms with Crippen molar-refractivity contribution >= 4 is 57.9 Å². The number of nitrogens with zero attached hydrogens (tertiary/aromatic N) is 7. The van der Waals surface area contributed by atoms with E-state index in [1.165, 1.54) is 12.4 Å². The summed E-state index contributed by atoms with van der Waals surface area (Å²) in [5, 5.41) is 26.2. The van der Waals surface area contributed by atoms with Gasteiger partial charge in [-0.05, 0) is 50.3 Å². The Balaban J connectivity index is 0.647. The topological polar surface area (TPSA) is 261 Å². The Morgan fingerprint density at radius 3 is 2.30 bits per heavy atom. The zero-order valence-corrected chi connectivity index (χ0v) is 36.5. The van der Waals surface area contributed by atoms with Crippen molar-refractivity contribution in [1.29, 1.82) is 5.26 Å². The second kappa shape index (κ2) is 21.0. The molecule has 2 aliphatic heterocycles. The number of aromatic nitrogens is 4. The number of benzene rings is 1. The molecular formula is C45H51N11O10. The van der Waals surface area contributed by atoms with Crippen LogP contribution in [0.15, 0.2) is 48.9 Å². The van der Waals surface area contributed by atoms with Crippen LogP contribution in [0.2, 0.25) is 0 Å². The van der Waals surface area contributed by atoms with Gasteiger partial charge in [0.25, 0.3) is 17.7 Å². The third kappa shape index (κ3) is 10.6. The highest BCUT2D eigenvalue weighted by Gasteiger charge is 2.45. The van der Waals surface area contributed by atoms with E-state index in [4.69, 9.17) is 18.9 Å². The van der Waals surface area contributed by atoms with E-state index in [2.05, 4.69) is 42.4 Å². The lowest BCUT2D eigenvalue weighted by molar-refractivity contribution is -0.138. The van der Waals surface area contributed by atoms with Crippen molar-refractivity contribution in [3.63, 3.8) is 0 Å².